The van der Waals surface area contributed by atoms with Crippen molar-refractivity contribution >= 4 is 39.9 Å². The zero-order valence-electron chi connectivity index (χ0n) is 17.9. The van der Waals surface area contributed by atoms with Gasteiger partial charge in [-0.15, -0.1) is 0 Å². The highest BCUT2D eigenvalue weighted by molar-refractivity contribution is 9.10. The minimum Gasteiger partial charge on any atom is -0.490 e. The van der Waals surface area contributed by atoms with Crippen LogP contribution in [0.15, 0.2) is 46.6 Å². The first-order chi connectivity index (χ1) is 15.3. The second-order valence-electron chi connectivity index (χ2n) is 6.99. The summed E-state index contributed by atoms with van der Waals surface area (Å²) in [5.41, 5.74) is 2.80. The highest BCUT2D eigenvalue weighted by Crippen LogP contribution is 2.35. The zero-order chi connectivity index (χ0) is 23.3. The fourth-order valence-electron chi connectivity index (χ4n) is 3.07. The van der Waals surface area contributed by atoms with E-state index in [1.165, 1.54) is 13.2 Å². The number of aryl methyl sites for hydroxylation is 1. The average Bonchev–Trinajstić information content (AvgIpc) is 3.02. The molecule has 0 aliphatic carbocycles. The third-order valence-electron chi connectivity index (χ3n) is 4.62. The molecule has 2 aromatic rings. The van der Waals surface area contributed by atoms with Crippen molar-refractivity contribution in [1.29, 1.82) is 0 Å². The molecule has 0 radical (unpaired) electrons. The molecule has 0 spiro atoms. The van der Waals surface area contributed by atoms with E-state index in [1.807, 2.05) is 38.1 Å². The molecule has 2 aromatic carbocycles. The van der Waals surface area contributed by atoms with Crippen molar-refractivity contribution in [2.24, 2.45) is 0 Å². The van der Waals surface area contributed by atoms with E-state index in [1.54, 1.807) is 12.1 Å². The quantitative estimate of drug-likeness (QED) is 0.335. The molecule has 0 atom stereocenters. The Morgan fingerprint density at radius 2 is 1.91 bits per heavy atom. The van der Waals surface area contributed by atoms with Gasteiger partial charge in [-0.3, -0.25) is 9.59 Å². The summed E-state index contributed by atoms with van der Waals surface area (Å²) in [5.74, 6) is -0.274. The van der Waals surface area contributed by atoms with Crippen LogP contribution in [0.3, 0.4) is 0 Å². The number of rotatable bonds is 8. The average molecular weight is 503 g/mol. The number of esters is 1. The molecule has 32 heavy (non-hydrogen) atoms. The van der Waals surface area contributed by atoms with Crippen molar-refractivity contribution in [3.05, 3.63) is 63.3 Å². The fraction of sp³-hybridized carbons (Fsp3) is 0.261. The van der Waals surface area contributed by atoms with Gasteiger partial charge in [0.05, 0.1) is 13.7 Å². The van der Waals surface area contributed by atoms with E-state index >= 15 is 0 Å². The van der Waals surface area contributed by atoms with E-state index in [9.17, 15) is 14.4 Å². The summed E-state index contributed by atoms with van der Waals surface area (Å²) >= 11 is 3.49. The largest absolute Gasteiger partial charge is 0.490 e. The Bertz CT molecular complexity index is 1080. The number of methoxy groups -OCH3 is 1. The summed E-state index contributed by atoms with van der Waals surface area (Å²) in [6, 6.07) is 10.8. The van der Waals surface area contributed by atoms with Gasteiger partial charge < -0.3 is 19.5 Å². The number of carbonyl (C=O) groups excluding carboxylic acids is 3. The van der Waals surface area contributed by atoms with Crippen LogP contribution < -0.4 is 14.8 Å². The number of halogens is 1. The van der Waals surface area contributed by atoms with Gasteiger partial charge >= 0.3 is 12.0 Å². The zero-order valence-corrected chi connectivity index (χ0v) is 19.5. The topological polar surface area (TPSA) is 94.2 Å². The SMILES string of the molecule is CCOc1cc(/C=C2/NC(=O)N(CC(=O)OC)C2=O)c(Br)cc1OCc1cccc(C)c1. The van der Waals surface area contributed by atoms with E-state index in [0.717, 1.165) is 16.0 Å². The molecule has 1 aliphatic rings. The summed E-state index contributed by atoms with van der Waals surface area (Å²) in [6.45, 7) is 4.20. The Labute approximate surface area is 194 Å². The van der Waals surface area contributed by atoms with Crippen LogP contribution in [-0.2, 0) is 20.9 Å². The first kappa shape index (κ1) is 23.3. The molecule has 1 saturated heterocycles. The fourth-order valence-corrected chi connectivity index (χ4v) is 3.51. The normalized spacial score (nSPS) is 14.5. The van der Waals surface area contributed by atoms with Crippen LogP contribution in [0.4, 0.5) is 4.79 Å². The van der Waals surface area contributed by atoms with E-state index in [0.29, 0.717) is 34.7 Å². The van der Waals surface area contributed by atoms with Gasteiger partial charge in [0.15, 0.2) is 11.5 Å². The molecule has 3 amide bonds. The van der Waals surface area contributed by atoms with Gasteiger partial charge in [0.1, 0.15) is 18.8 Å². The van der Waals surface area contributed by atoms with Crippen LogP contribution >= 0.6 is 15.9 Å². The Morgan fingerprint density at radius 3 is 2.59 bits per heavy atom. The summed E-state index contributed by atoms with van der Waals surface area (Å²) in [6.07, 6.45) is 1.51. The van der Waals surface area contributed by atoms with Gasteiger partial charge in [-0.1, -0.05) is 45.8 Å². The van der Waals surface area contributed by atoms with Crippen LogP contribution in [0, 0.1) is 6.92 Å². The molecule has 0 aromatic heterocycles. The van der Waals surface area contributed by atoms with Crippen LogP contribution in [0.1, 0.15) is 23.6 Å². The number of hydrogen-bond donors (Lipinski definition) is 1. The summed E-state index contributed by atoms with van der Waals surface area (Å²) in [4.78, 5) is 36.9. The first-order valence-corrected chi connectivity index (χ1v) is 10.7. The standard InChI is InChI=1S/C23H23BrN2O6/c1-4-31-19-10-16(9-18-22(28)26(23(29)25-18)12-21(27)30-3)17(24)11-20(19)32-13-15-7-5-6-14(2)8-15/h5-11H,4,12-13H2,1-3H3,(H,25,29)/b18-9+. The maximum absolute atomic E-state index is 12.5. The number of benzene rings is 2. The van der Waals surface area contributed by atoms with Gasteiger partial charge in [-0.05, 0) is 43.2 Å². The predicted octanol–water partition coefficient (Wildman–Crippen LogP) is 3.80. The van der Waals surface area contributed by atoms with Crippen LogP contribution in [0.25, 0.3) is 6.08 Å². The molecular formula is C23H23BrN2O6. The second-order valence-corrected chi connectivity index (χ2v) is 7.84. The molecule has 3 rings (SSSR count). The molecule has 168 valence electrons. The van der Waals surface area contributed by atoms with Crippen LogP contribution in [-0.4, -0.2) is 43.1 Å². The van der Waals surface area contributed by atoms with Crippen molar-refractivity contribution in [3.8, 4) is 11.5 Å². The number of carbonyl (C=O) groups is 3. The monoisotopic (exact) mass is 502 g/mol. The molecule has 1 aliphatic heterocycles. The lowest BCUT2D eigenvalue weighted by molar-refractivity contribution is -0.143. The Kier molecular flexibility index (Phi) is 7.53. The molecule has 0 unspecified atom stereocenters. The third-order valence-corrected chi connectivity index (χ3v) is 5.30. The molecule has 0 saturated carbocycles. The Balaban J connectivity index is 1.84. The number of urea groups is 1. The number of imide groups is 1. The molecule has 9 heteroatoms. The number of nitrogens with zero attached hydrogens (tertiary/aromatic N) is 1. The highest BCUT2D eigenvalue weighted by Gasteiger charge is 2.35. The number of nitrogens with one attached hydrogen (secondary N) is 1. The molecule has 1 fully saturated rings. The van der Waals surface area contributed by atoms with Crippen molar-refractivity contribution in [3.63, 3.8) is 0 Å². The molecule has 0 bridgehead atoms. The van der Waals surface area contributed by atoms with E-state index in [2.05, 4.69) is 26.0 Å². The van der Waals surface area contributed by atoms with Crippen LogP contribution in [0.2, 0.25) is 0 Å². The summed E-state index contributed by atoms with van der Waals surface area (Å²) in [5, 5.41) is 2.47. The van der Waals surface area contributed by atoms with Gasteiger partial charge in [0.25, 0.3) is 5.91 Å². The van der Waals surface area contributed by atoms with Gasteiger partial charge in [0, 0.05) is 4.47 Å². The van der Waals surface area contributed by atoms with E-state index in [4.69, 9.17) is 9.47 Å². The summed E-state index contributed by atoms with van der Waals surface area (Å²) in [7, 11) is 1.19. The molecule has 8 nitrogen and oxygen atoms in total. The van der Waals surface area contributed by atoms with Crippen molar-refractivity contribution in [2.45, 2.75) is 20.5 Å². The number of ether oxygens (including phenoxy) is 3. The summed E-state index contributed by atoms with van der Waals surface area (Å²) < 4.78 is 16.9. The minimum atomic E-state index is -0.690. The van der Waals surface area contributed by atoms with Crippen molar-refractivity contribution in [1.82, 2.24) is 10.2 Å². The van der Waals surface area contributed by atoms with Gasteiger partial charge in [-0.25, -0.2) is 9.69 Å². The Morgan fingerprint density at radius 1 is 1.16 bits per heavy atom. The Hall–Kier alpha value is -3.33. The van der Waals surface area contributed by atoms with E-state index in [-0.39, 0.29) is 5.70 Å². The number of amides is 3. The maximum Gasteiger partial charge on any atom is 0.329 e. The third kappa shape index (κ3) is 5.47. The second kappa shape index (κ2) is 10.3. The lowest BCUT2D eigenvalue weighted by Gasteiger charge is -2.14. The maximum atomic E-state index is 12.5. The minimum absolute atomic E-state index is 0.0375. The highest BCUT2D eigenvalue weighted by atomic mass is 79.9. The molecular weight excluding hydrogens is 480 g/mol. The lowest BCUT2D eigenvalue weighted by atomic mass is 10.1. The van der Waals surface area contributed by atoms with Crippen molar-refractivity contribution in [2.75, 3.05) is 20.3 Å². The lowest BCUT2D eigenvalue weighted by Crippen LogP contribution is -2.36. The van der Waals surface area contributed by atoms with Gasteiger partial charge in [0.2, 0.25) is 0 Å². The smallest absolute Gasteiger partial charge is 0.329 e. The predicted molar refractivity (Wildman–Crippen MR) is 121 cm³/mol. The molecule has 1 heterocycles. The number of hydrogen-bond acceptors (Lipinski definition) is 6. The first-order valence-electron chi connectivity index (χ1n) is 9.88. The molecule has 1 N–H and O–H groups in total. The van der Waals surface area contributed by atoms with Crippen molar-refractivity contribution < 1.29 is 28.6 Å². The van der Waals surface area contributed by atoms with E-state index < -0.39 is 24.5 Å². The van der Waals surface area contributed by atoms with Gasteiger partial charge in [-0.2, -0.15) is 0 Å². The van der Waals surface area contributed by atoms with Crippen LogP contribution in [0.5, 0.6) is 11.5 Å².